The lowest BCUT2D eigenvalue weighted by atomic mass is 10.0. The molecule has 7 nitrogen and oxygen atoms in total. The summed E-state index contributed by atoms with van der Waals surface area (Å²) < 4.78 is 40.2. The van der Waals surface area contributed by atoms with Crippen LogP contribution >= 0.6 is 0 Å². The first kappa shape index (κ1) is 20.3. The van der Waals surface area contributed by atoms with E-state index in [0.29, 0.717) is 0 Å². The van der Waals surface area contributed by atoms with Crippen molar-refractivity contribution in [3.8, 4) is 0 Å². The molecule has 9 heteroatoms. The van der Waals surface area contributed by atoms with Crippen LogP contribution < -0.4 is 5.32 Å². The molecule has 1 aromatic carbocycles. The van der Waals surface area contributed by atoms with Gasteiger partial charge in [-0.3, -0.25) is 9.59 Å². The van der Waals surface area contributed by atoms with Crippen LogP contribution in [-0.2, 0) is 19.6 Å². The molecular weight excluding hydrogens is 361 g/mol. The van der Waals surface area contributed by atoms with Crippen molar-refractivity contribution >= 4 is 21.8 Å². The molecule has 2 rings (SSSR count). The highest BCUT2D eigenvalue weighted by atomic mass is 32.2. The van der Waals surface area contributed by atoms with Gasteiger partial charge in [0.2, 0.25) is 21.8 Å². The Morgan fingerprint density at radius 3 is 2.19 bits per heavy atom. The van der Waals surface area contributed by atoms with Crippen molar-refractivity contribution < 1.29 is 22.4 Å². The molecule has 0 spiro atoms. The summed E-state index contributed by atoms with van der Waals surface area (Å²) in [5.41, 5.74) is 0. The molecule has 1 heterocycles. The summed E-state index contributed by atoms with van der Waals surface area (Å²) >= 11 is 0. The summed E-state index contributed by atoms with van der Waals surface area (Å²) in [6.45, 7) is 5.54. The molecule has 1 aliphatic heterocycles. The van der Waals surface area contributed by atoms with Crippen LogP contribution in [0.25, 0.3) is 0 Å². The first-order chi connectivity index (χ1) is 12.1. The summed E-state index contributed by atoms with van der Waals surface area (Å²) in [7, 11) is -3.95. The zero-order chi connectivity index (χ0) is 19.5. The maximum atomic E-state index is 13.9. The summed E-state index contributed by atoms with van der Waals surface area (Å²) in [6.07, 6.45) is 0. The fourth-order valence-electron chi connectivity index (χ4n) is 2.87. The van der Waals surface area contributed by atoms with E-state index >= 15 is 0 Å². The zero-order valence-corrected chi connectivity index (χ0v) is 15.9. The SMILES string of the molecule is CC(=O)N[C@H](C(=O)N1CCN(S(=O)(=O)c2ccccc2F)CC1)C(C)C. The summed E-state index contributed by atoms with van der Waals surface area (Å²) in [5, 5.41) is 2.64. The van der Waals surface area contributed by atoms with Crippen LogP contribution in [0.4, 0.5) is 4.39 Å². The molecule has 0 aromatic heterocycles. The van der Waals surface area contributed by atoms with E-state index in [-0.39, 0.29) is 48.8 Å². The first-order valence-corrected chi connectivity index (χ1v) is 9.89. The van der Waals surface area contributed by atoms with Gasteiger partial charge >= 0.3 is 0 Å². The van der Waals surface area contributed by atoms with Gasteiger partial charge in [-0.1, -0.05) is 26.0 Å². The van der Waals surface area contributed by atoms with Gasteiger partial charge in [-0.05, 0) is 18.1 Å². The van der Waals surface area contributed by atoms with E-state index in [0.717, 1.165) is 6.07 Å². The van der Waals surface area contributed by atoms with Crippen molar-refractivity contribution in [2.24, 2.45) is 5.92 Å². The van der Waals surface area contributed by atoms with Gasteiger partial charge < -0.3 is 10.2 Å². The van der Waals surface area contributed by atoms with E-state index in [9.17, 15) is 22.4 Å². The Hall–Kier alpha value is -2.00. The van der Waals surface area contributed by atoms with E-state index in [1.165, 1.54) is 34.3 Å². The van der Waals surface area contributed by atoms with E-state index < -0.39 is 21.9 Å². The quantitative estimate of drug-likeness (QED) is 0.813. The van der Waals surface area contributed by atoms with E-state index in [1.54, 1.807) is 0 Å². The standard InChI is InChI=1S/C17H24FN3O4S/c1-12(2)16(19-13(3)22)17(23)20-8-10-21(11-9-20)26(24,25)15-7-5-4-6-14(15)18/h4-7,12,16H,8-11H2,1-3H3,(H,19,22)/t16-/m0/s1. The molecule has 0 radical (unpaired) electrons. The second kappa shape index (κ2) is 8.13. The van der Waals surface area contributed by atoms with Crippen LogP contribution in [0.2, 0.25) is 0 Å². The summed E-state index contributed by atoms with van der Waals surface area (Å²) in [4.78, 5) is 25.1. The van der Waals surface area contributed by atoms with Crippen molar-refractivity contribution in [2.45, 2.75) is 31.7 Å². The highest BCUT2D eigenvalue weighted by Gasteiger charge is 2.34. The highest BCUT2D eigenvalue weighted by molar-refractivity contribution is 7.89. The monoisotopic (exact) mass is 385 g/mol. The molecule has 1 aromatic rings. The minimum atomic E-state index is -3.95. The largest absolute Gasteiger partial charge is 0.344 e. The van der Waals surface area contributed by atoms with Gasteiger partial charge in [0.1, 0.15) is 16.8 Å². The molecule has 1 atom stereocenters. The number of benzene rings is 1. The predicted molar refractivity (Wildman–Crippen MR) is 94.2 cm³/mol. The van der Waals surface area contributed by atoms with Gasteiger partial charge in [-0.25, -0.2) is 12.8 Å². The number of carbonyl (C=O) groups is 2. The normalized spacial score (nSPS) is 17.2. The Labute approximate surface area is 153 Å². The number of amides is 2. The van der Waals surface area contributed by atoms with Crippen molar-refractivity contribution in [3.63, 3.8) is 0 Å². The minimum Gasteiger partial charge on any atom is -0.344 e. The van der Waals surface area contributed by atoms with Crippen LogP contribution in [-0.4, -0.2) is 61.7 Å². The molecule has 0 aliphatic carbocycles. The number of carbonyl (C=O) groups excluding carboxylic acids is 2. The van der Waals surface area contributed by atoms with Crippen LogP contribution in [0.5, 0.6) is 0 Å². The number of nitrogens with one attached hydrogen (secondary N) is 1. The van der Waals surface area contributed by atoms with E-state index in [1.807, 2.05) is 13.8 Å². The Morgan fingerprint density at radius 2 is 1.69 bits per heavy atom. The van der Waals surface area contributed by atoms with Crippen LogP contribution in [0.15, 0.2) is 29.2 Å². The number of rotatable bonds is 5. The van der Waals surface area contributed by atoms with Gasteiger partial charge in [-0.2, -0.15) is 4.31 Å². The first-order valence-electron chi connectivity index (χ1n) is 8.45. The highest BCUT2D eigenvalue weighted by Crippen LogP contribution is 2.21. The molecule has 144 valence electrons. The molecule has 1 fully saturated rings. The van der Waals surface area contributed by atoms with Gasteiger partial charge in [0, 0.05) is 33.1 Å². The smallest absolute Gasteiger partial charge is 0.246 e. The summed E-state index contributed by atoms with van der Waals surface area (Å²) in [6, 6.07) is 4.58. The molecule has 0 saturated carbocycles. The Balaban J connectivity index is 2.08. The molecule has 1 aliphatic rings. The fourth-order valence-corrected chi connectivity index (χ4v) is 4.36. The molecule has 1 saturated heterocycles. The molecule has 0 unspecified atom stereocenters. The van der Waals surface area contributed by atoms with Gasteiger partial charge in [0.25, 0.3) is 0 Å². The Morgan fingerprint density at radius 1 is 1.12 bits per heavy atom. The topological polar surface area (TPSA) is 86.8 Å². The van der Waals surface area contributed by atoms with Crippen molar-refractivity contribution in [2.75, 3.05) is 26.2 Å². The molecular formula is C17H24FN3O4S. The Kier molecular flexibility index (Phi) is 6.35. The Bertz CT molecular complexity index is 774. The number of nitrogens with zero attached hydrogens (tertiary/aromatic N) is 2. The van der Waals surface area contributed by atoms with Crippen LogP contribution in [0, 0.1) is 11.7 Å². The third-order valence-electron chi connectivity index (χ3n) is 4.30. The molecule has 26 heavy (non-hydrogen) atoms. The van der Waals surface area contributed by atoms with Gasteiger partial charge in [-0.15, -0.1) is 0 Å². The molecule has 2 amide bonds. The van der Waals surface area contributed by atoms with E-state index in [4.69, 9.17) is 0 Å². The minimum absolute atomic E-state index is 0.0767. The lowest BCUT2D eigenvalue weighted by molar-refractivity contribution is -0.138. The van der Waals surface area contributed by atoms with E-state index in [2.05, 4.69) is 5.32 Å². The number of hydrogen-bond donors (Lipinski definition) is 1. The van der Waals surface area contributed by atoms with Crippen LogP contribution in [0.3, 0.4) is 0 Å². The third-order valence-corrected chi connectivity index (χ3v) is 6.23. The van der Waals surface area contributed by atoms with Crippen molar-refractivity contribution in [1.29, 1.82) is 0 Å². The zero-order valence-electron chi connectivity index (χ0n) is 15.1. The summed E-state index contributed by atoms with van der Waals surface area (Å²) in [5.74, 6) is -1.42. The maximum Gasteiger partial charge on any atom is 0.246 e. The van der Waals surface area contributed by atoms with Crippen molar-refractivity contribution in [1.82, 2.24) is 14.5 Å². The van der Waals surface area contributed by atoms with Crippen molar-refractivity contribution in [3.05, 3.63) is 30.1 Å². The predicted octanol–water partition coefficient (Wildman–Crippen LogP) is 0.819. The number of sulfonamides is 1. The maximum absolute atomic E-state index is 13.9. The lowest BCUT2D eigenvalue weighted by Crippen LogP contribution is -2.56. The number of piperazine rings is 1. The van der Waals surface area contributed by atoms with Crippen LogP contribution in [0.1, 0.15) is 20.8 Å². The third kappa shape index (κ3) is 4.39. The average Bonchev–Trinajstić information content (AvgIpc) is 2.59. The van der Waals surface area contributed by atoms with Gasteiger partial charge in [0.15, 0.2) is 0 Å². The second-order valence-corrected chi connectivity index (χ2v) is 8.49. The number of halogens is 1. The van der Waals surface area contributed by atoms with Gasteiger partial charge in [0.05, 0.1) is 0 Å². The second-order valence-electron chi connectivity index (χ2n) is 6.58. The fraction of sp³-hybridized carbons (Fsp3) is 0.529. The average molecular weight is 385 g/mol. The molecule has 0 bridgehead atoms. The number of hydrogen-bond acceptors (Lipinski definition) is 4. The molecule has 1 N–H and O–H groups in total. The lowest BCUT2D eigenvalue weighted by Gasteiger charge is -2.36.